The number of nitrogens with one attached hydrogen (secondary N) is 1. The van der Waals surface area contributed by atoms with E-state index in [2.05, 4.69) is 22.6 Å². The molecule has 0 unspecified atom stereocenters. The van der Waals surface area contributed by atoms with E-state index in [-0.39, 0.29) is 0 Å². The molecule has 0 saturated heterocycles. The number of rotatable bonds is 1. The number of aromatic nitrogens is 2. The molecule has 1 N–H and O–H groups in total. The third-order valence-corrected chi connectivity index (χ3v) is 2.11. The summed E-state index contributed by atoms with van der Waals surface area (Å²) >= 11 is 0. The maximum Gasteiger partial charge on any atom is 0.0880 e. The molecule has 2 heterocycles. The lowest BCUT2D eigenvalue weighted by Crippen LogP contribution is -2.20. The van der Waals surface area contributed by atoms with Gasteiger partial charge in [0.2, 0.25) is 0 Å². The molecule has 64 valence electrons. The van der Waals surface area contributed by atoms with Crippen LogP contribution in [0.1, 0.15) is 12.1 Å². The van der Waals surface area contributed by atoms with Gasteiger partial charge < -0.3 is 5.32 Å². The summed E-state index contributed by atoms with van der Waals surface area (Å²) in [5, 5.41) is 7.64. The van der Waals surface area contributed by atoms with Crippen LogP contribution in [0.4, 0.5) is 0 Å². The molecule has 0 spiro atoms. The van der Waals surface area contributed by atoms with Crippen LogP contribution in [0, 0.1) is 0 Å². The van der Waals surface area contributed by atoms with Gasteiger partial charge in [0.05, 0.1) is 5.69 Å². The first kappa shape index (κ1) is 7.55. The molecule has 0 aliphatic carbocycles. The number of nitrogens with zero attached hydrogens (tertiary/aromatic N) is 2. The van der Waals surface area contributed by atoms with Crippen LogP contribution in [-0.4, -0.2) is 22.9 Å². The van der Waals surface area contributed by atoms with Crippen LogP contribution in [0.25, 0.3) is 5.57 Å². The third kappa shape index (κ3) is 1.41. The van der Waals surface area contributed by atoms with Crippen molar-refractivity contribution in [1.82, 2.24) is 15.1 Å². The fraction of sp³-hybridized carbons (Fsp3) is 0.444. The summed E-state index contributed by atoms with van der Waals surface area (Å²) in [5.74, 6) is 0. The van der Waals surface area contributed by atoms with Crippen LogP contribution in [0.3, 0.4) is 0 Å². The summed E-state index contributed by atoms with van der Waals surface area (Å²) in [6.45, 7) is 2.05. The zero-order chi connectivity index (χ0) is 8.39. The van der Waals surface area contributed by atoms with E-state index in [4.69, 9.17) is 0 Å². The molecule has 2 rings (SSSR count). The molecule has 0 amide bonds. The SMILES string of the molecule is Cn1ccc(C2=CCNCC2)n1. The summed E-state index contributed by atoms with van der Waals surface area (Å²) in [6.07, 6.45) is 5.29. The standard InChI is InChI=1S/C9H13N3/c1-12-7-4-9(11-12)8-2-5-10-6-3-8/h2,4,7,10H,3,5-6H2,1H3. The Morgan fingerprint density at radius 2 is 2.50 bits per heavy atom. The zero-order valence-corrected chi connectivity index (χ0v) is 7.25. The van der Waals surface area contributed by atoms with Crippen molar-refractivity contribution in [3.63, 3.8) is 0 Å². The zero-order valence-electron chi connectivity index (χ0n) is 7.25. The van der Waals surface area contributed by atoms with Gasteiger partial charge in [-0.2, -0.15) is 5.10 Å². The molecule has 3 nitrogen and oxygen atoms in total. The normalized spacial score (nSPS) is 17.6. The van der Waals surface area contributed by atoms with Crippen LogP contribution < -0.4 is 5.32 Å². The summed E-state index contributed by atoms with van der Waals surface area (Å²) in [4.78, 5) is 0. The molecule has 3 heteroatoms. The van der Waals surface area contributed by atoms with Gasteiger partial charge in [0.15, 0.2) is 0 Å². The summed E-state index contributed by atoms with van der Waals surface area (Å²) in [7, 11) is 1.95. The fourth-order valence-electron chi connectivity index (χ4n) is 1.44. The Morgan fingerprint density at radius 1 is 1.58 bits per heavy atom. The molecule has 0 fully saturated rings. The topological polar surface area (TPSA) is 29.9 Å². The lowest BCUT2D eigenvalue weighted by Gasteiger charge is -2.11. The molecule has 0 saturated carbocycles. The van der Waals surface area contributed by atoms with E-state index >= 15 is 0 Å². The largest absolute Gasteiger partial charge is 0.313 e. The highest BCUT2D eigenvalue weighted by molar-refractivity contribution is 5.63. The van der Waals surface area contributed by atoms with Crippen molar-refractivity contribution in [2.24, 2.45) is 7.05 Å². The summed E-state index contributed by atoms with van der Waals surface area (Å²) in [6, 6.07) is 2.07. The third-order valence-electron chi connectivity index (χ3n) is 2.11. The highest BCUT2D eigenvalue weighted by atomic mass is 15.2. The minimum Gasteiger partial charge on any atom is -0.313 e. The Labute approximate surface area is 72.1 Å². The van der Waals surface area contributed by atoms with Crippen molar-refractivity contribution >= 4 is 5.57 Å². The minimum atomic E-state index is 0.978. The van der Waals surface area contributed by atoms with Gasteiger partial charge >= 0.3 is 0 Å². The molecule has 0 radical (unpaired) electrons. The summed E-state index contributed by atoms with van der Waals surface area (Å²) < 4.78 is 1.85. The maximum absolute atomic E-state index is 4.35. The number of aryl methyl sites for hydroxylation is 1. The van der Waals surface area contributed by atoms with Crippen molar-refractivity contribution in [1.29, 1.82) is 0 Å². The Hall–Kier alpha value is -1.09. The van der Waals surface area contributed by atoms with Crippen LogP contribution in [0.2, 0.25) is 0 Å². The van der Waals surface area contributed by atoms with Crippen LogP contribution in [-0.2, 0) is 7.05 Å². The van der Waals surface area contributed by atoms with E-state index < -0.39 is 0 Å². The molecule has 1 aromatic rings. The Morgan fingerprint density at radius 3 is 3.08 bits per heavy atom. The van der Waals surface area contributed by atoms with Gasteiger partial charge in [0, 0.05) is 19.8 Å². The first-order valence-corrected chi connectivity index (χ1v) is 4.26. The molecular formula is C9H13N3. The van der Waals surface area contributed by atoms with Gasteiger partial charge in [0.25, 0.3) is 0 Å². The van der Waals surface area contributed by atoms with Crippen molar-refractivity contribution in [3.05, 3.63) is 24.0 Å². The van der Waals surface area contributed by atoms with E-state index in [0.29, 0.717) is 0 Å². The van der Waals surface area contributed by atoms with Crippen molar-refractivity contribution < 1.29 is 0 Å². The summed E-state index contributed by atoms with van der Waals surface area (Å²) in [5.41, 5.74) is 2.49. The van der Waals surface area contributed by atoms with E-state index in [1.165, 1.54) is 5.57 Å². The molecule has 0 aromatic carbocycles. The van der Waals surface area contributed by atoms with Gasteiger partial charge in [-0.1, -0.05) is 6.08 Å². The first-order chi connectivity index (χ1) is 5.86. The van der Waals surface area contributed by atoms with Gasteiger partial charge in [0.1, 0.15) is 0 Å². The Bertz CT molecular complexity index is 298. The molecule has 0 atom stereocenters. The Balaban J connectivity index is 2.23. The second-order valence-corrected chi connectivity index (χ2v) is 3.06. The van der Waals surface area contributed by atoms with Crippen LogP contribution >= 0.6 is 0 Å². The second kappa shape index (κ2) is 3.11. The van der Waals surface area contributed by atoms with Crippen molar-refractivity contribution in [2.45, 2.75) is 6.42 Å². The molecule has 12 heavy (non-hydrogen) atoms. The molecule has 1 aliphatic rings. The predicted molar refractivity (Wildman–Crippen MR) is 48.7 cm³/mol. The molecule has 1 aromatic heterocycles. The fourth-order valence-corrected chi connectivity index (χ4v) is 1.44. The Kier molecular flexibility index (Phi) is 1.96. The molecule has 1 aliphatic heterocycles. The highest BCUT2D eigenvalue weighted by Crippen LogP contribution is 2.16. The molecular weight excluding hydrogens is 150 g/mol. The van der Waals surface area contributed by atoms with Gasteiger partial charge in [-0.05, 0) is 24.6 Å². The predicted octanol–water partition coefficient (Wildman–Crippen LogP) is 0.797. The first-order valence-electron chi connectivity index (χ1n) is 4.26. The van der Waals surface area contributed by atoms with Gasteiger partial charge in [-0.25, -0.2) is 0 Å². The smallest absolute Gasteiger partial charge is 0.0880 e. The number of hydrogen-bond donors (Lipinski definition) is 1. The molecule has 0 bridgehead atoms. The lowest BCUT2D eigenvalue weighted by molar-refractivity contribution is 0.726. The monoisotopic (exact) mass is 163 g/mol. The van der Waals surface area contributed by atoms with Gasteiger partial charge in [-0.15, -0.1) is 0 Å². The van der Waals surface area contributed by atoms with E-state index in [9.17, 15) is 0 Å². The second-order valence-electron chi connectivity index (χ2n) is 3.06. The average Bonchev–Trinajstić information content (AvgIpc) is 2.54. The number of hydrogen-bond acceptors (Lipinski definition) is 2. The van der Waals surface area contributed by atoms with E-state index in [1.807, 2.05) is 17.9 Å². The van der Waals surface area contributed by atoms with Crippen molar-refractivity contribution in [3.8, 4) is 0 Å². The van der Waals surface area contributed by atoms with Gasteiger partial charge in [-0.3, -0.25) is 4.68 Å². The minimum absolute atomic E-state index is 0.978. The lowest BCUT2D eigenvalue weighted by atomic mass is 10.1. The average molecular weight is 163 g/mol. The highest BCUT2D eigenvalue weighted by Gasteiger charge is 2.06. The van der Waals surface area contributed by atoms with E-state index in [1.54, 1.807) is 0 Å². The van der Waals surface area contributed by atoms with Crippen molar-refractivity contribution in [2.75, 3.05) is 13.1 Å². The maximum atomic E-state index is 4.35. The quantitative estimate of drug-likeness (QED) is 0.663. The van der Waals surface area contributed by atoms with Crippen LogP contribution in [0.15, 0.2) is 18.3 Å². The van der Waals surface area contributed by atoms with E-state index in [0.717, 1.165) is 25.2 Å². The van der Waals surface area contributed by atoms with Crippen LogP contribution in [0.5, 0.6) is 0 Å².